The number of aryl methyl sites for hydroxylation is 1. The second kappa shape index (κ2) is 4.08. The summed E-state index contributed by atoms with van der Waals surface area (Å²) in [5.74, 6) is 1.51. The van der Waals surface area contributed by atoms with E-state index in [4.69, 9.17) is 0 Å². The van der Waals surface area contributed by atoms with Crippen LogP contribution in [0.4, 0.5) is 5.82 Å². The summed E-state index contributed by atoms with van der Waals surface area (Å²) in [6.45, 7) is 2.90. The fraction of sp³-hybridized carbons (Fsp3) is 0.300. The summed E-state index contributed by atoms with van der Waals surface area (Å²) >= 11 is 0. The van der Waals surface area contributed by atoms with Gasteiger partial charge in [-0.1, -0.05) is 0 Å². The predicted molar refractivity (Wildman–Crippen MR) is 58.5 cm³/mol. The van der Waals surface area contributed by atoms with E-state index in [0.717, 1.165) is 17.9 Å². The van der Waals surface area contributed by atoms with Gasteiger partial charge in [0.25, 0.3) is 0 Å². The zero-order valence-corrected chi connectivity index (χ0v) is 8.81. The number of nitrogens with zero attached hydrogens (tertiary/aromatic N) is 4. The first-order valence-electron chi connectivity index (χ1n) is 4.87. The molecule has 5 nitrogen and oxygen atoms in total. The molecule has 78 valence electrons. The van der Waals surface area contributed by atoms with Crippen molar-refractivity contribution in [3.8, 4) is 11.4 Å². The average molecular weight is 203 g/mol. The summed E-state index contributed by atoms with van der Waals surface area (Å²) in [5, 5.41) is 7.16. The molecule has 1 N–H and O–H groups in total. The highest BCUT2D eigenvalue weighted by atomic mass is 15.3. The lowest BCUT2D eigenvalue weighted by Crippen LogP contribution is -1.95. The van der Waals surface area contributed by atoms with Crippen LogP contribution in [-0.2, 0) is 6.54 Å². The fourth-order valence-electron chi connectivity index (χ4n) is 1.29. The summed E-state index contributed by atoms with van der Waals surface area (Å²) in [4.78, 5) is 8.53. The van der Waals surface area contributed by atoms with Crippen LogP contribution in [0.5, 0.6) is 0 Å². The van der Waals surface area contributed by atoms with Crippen LogP contribution < -0.4 is 5.32 Å². The van der Waals surface area contributed by atoms with E-state index in [1.165, 1.54) is 0 Å². The molecule has 2 aromatic heterocycles. The predicted octanol–water partition coefficient (Wildman–Crippen LogP) is 1.40. The Morgan fingerprint density at radius 1 is 1.47 bits per heavy atom. The molecule has 2 heterocycles. The lowest BCUT2D eigenvalue weighted by Gasteiger charge is -1.99. The number of rotatable bonds is 3. The van der Waals surface area contributed by atoms with Gasteiger partial charge in [-0.25, -0.2) is 9.97 Å². The zero-order chi connectivity index (χ0) is 10.7. The molecule has 0 atom stereocenters. The number of hydrogen-bond donors (Lipinski definition) is 1. The maximum absolute atomic E-state index is 4.33. The highest BCUT2D eigenvalue weighted by Crippen LogP contribution is 2.14. The smallest absolute Gasteiger partial charge is 0.164 e. The molecule has 15 heavy (non-hydrogen) atoms. The highest BCUT2D eigenvalue weighted by molar-refractivity contribution is 5.54. The van der Waals surface area contributed by atoms with Crippen LogP contribution in [0.25, 0.3) is 11.4 Å². The molecular formula is C10H13N5. The Labute approximate surface area is 88.2 Å². The van der Waals surface area contributed by atoms with E-state index in [1.54, 1.807) is 12.4 Å². The topological polar surface area (TPSA) is 55.6 Å². The number of aromatic nitrogens is 4. The molecule has 0 saturated carbocycles. The van der Waals surface area contributed by atoms with Gasteiger partial charge in [0.1, 0.15) is 5.82 Å². The van der Waals surface area contributed by atoms with Crippen LogP contribution in [0, 0.1) is 0 Å². The summed E-state index contributed by atoms with van der Waals surface area (Å²) in [6.07, 6.45) is 5.45. The van der Waals surface area contributed by atoms with E-state index in [-0.39, 0.29) is 0 Å². The third-order valence-corrected chi connectivity index (χ3v) is 2.13. The Morgan fingerprint density at radius 3 is 3.00 bits per heavy atom. The molecule has 2 rings (SSSR count). The third-order valence-electron chi connectivity index (χ3n) is 2.13. The van der Waals surface area contributed by atoms with Gasteiger partial charge in [0.05, 0.1) is 11.8 Å². The third kappa shape index (κ3) is 1.96. The van der Waals surface area contributed by atoms with E-state index in [2.05, 4.69) is 20.4 Å². The molecule has 0 saturated heterocycles. The quantitative estimate of drug-likeness (QED) is 0.819. The Hall–Kier alpha value is -1.91. The first kappa shape index (κ1) is 9.64. The number of hydrogen-bond acceptors (Lipinski definition) is 4. The van der Waals surface area contributed by atoms with Crippen molar-refractivity contribution in [2.75, 3.05) is 12.4 Å². The Kier molecular flexibility index (Phi) is 2.62. The molecule has 0 aliphatic heterocycles. The minimum absolute atomic E-state index is 0.696. The molecule has 0 aliphatic carbocycles. The second-order valence-electron chi connectivity index (χ2n) is 3.10. The van der Waals surface area contributed by atoms with Crippen LogP contribution in [0.2, 0.25) is 0 Å². The number of nitrogens with one attached hydrogen (secondary N) is 1. The zero-order valence-electron chi connectivity index (χ0n) is 8.81. The van der Waals surface area contributed by atoms with Gasteiger partial charge in [-0.15, -0.1) is 0 Å². The molecule has 0 aliphatic rings. The van der Waals surface area contributed by atoms with E-state index in [9.17, 15) is 0 Å². The van der Waals surface area contributed by atoms with Crippen molar-refractivity contribution in [3.63, 3.8) is 0 Å². The van der Waals surface area contributed by atoms with Crippen LogP contribution in [0.15, 0.2) is 24.7 Å². The number of anilines is 1. The first-order chi connectivity index (χ1) is 7.33. The maximum Gasteiger partial charge on any atom is 0.164 e. The SMILES string of the molecule is CCn1cc(-c2nccc(NC)n2)cn1. The molecule has 0 aromatic carbocycles. The van der Waals surface area contributed by atoms with Crippen LogP contribution in [0.3, 0.4) is 0 Å². The molecule has 0 bridgehead atoms. The second-order valence-corrected chi connectivity index (χ2v) is 3.10. The minimum atomic E-state index is 0.696. The van der Waals surface area contributed by atoms with Crippen molar-refractivity contribution >= 4 is 5.82 Å². The van der Waals surface area contributed by atoms with Crippen molar-refractivity contribution in [2.24, 2.45) is 0 Å². The van der Waals surface area contributed by atoms with Crippen molar-refractivity contribution in [1.29, 1.82) is 0 Å². The average Bonchev–Trinajstić information content (AvgIpc) is 2.78. The van der Waals surface area contributed by atoms with E-state index in [1.807, 2.05) is 30.9 Å². The van der Waals surface area contributed by atoms with Gasteiger partial charge in [0.2, 0.25) is 0 Å². The molecule has 2 aromatic rings. The minimum Gasteiger partial charge on any atom is -0.373 e. The molecular weight excluding hydrogens is 190 g/mol. The first-order valence-corrected chi connectivity index (χ1v) is 4.87. The van der Waals surface area contributed by atoms with Gasteiger partial charge in [-0.3, -0.25) is 4.68 Å². The Balaban J connectivity index is 2.35. The van der Waals surface area contributed by atoms with E-state index in [0.29, 0.717) is 5.82 Å². The lowest BCUT2D eigenvalue weighted by atomic mass is 10.3. The van der Waals surface area contributed by atoms with Crippen LogP contribution >= 0.6 is 0 Å². The molecule has 0 radical (unpaired) electrons. The van der Waals surface area contributed by atoms with Crippen LogP contribution in [-0.4, -0.2) is 26.8 Å². The highest BCUT2D eigenvalue weighted by Gasteiger charge is 2.04. The Bertz CT molecular complexity index is 449. The van der Waals surface area contributed by atoms with Gasteiger partial charge in [-0.05, 0) is 13.0 Å². The van der Waals surface area contributed by atoms with E-state index >= 15 is 0 Å². The van der Waals surface area contributed by atoms with E-state index < -0.39 is 0 Å². The molecule has 5 heteroatoms. The molecule has 0 fully saturated rings. The van der Waals surface area contributed by atoms with Crippen molar-refractivity contribution in [1.82, 2.24) is 19.7 Å². The molecule has 0 amide bonds. The lowest BCUT2D eigenvalue weighted by molar-refractivity contribution is 0.660. The van der Waals surface area contributed by atoms with Gasteiger partial charge < -0.3 is 5.32 Å². The van der Waals surface area contributed by atoms with Crippen molar-refractivity contribution < 1.29 is 0 Å². The van der Waals surface area contributed by atoms with Crippen LogP contribution in [0.1, 0.15) is 6.92 Å². The summed E-state index contributed by atoms with van der Waals surface area (Å²) in [6, 6.07) is 1.83. The van der Waals surface area contributed by atoms with Gasteiger partial charge in [0, 0.05) is 26.0 Å². The van der Waals surface area contributed by atoms with Crippen molar-refractivity contribution in [3.05, 3.63) is 24.7 Å². The van der Waals surface area contributed by atoms with Crippen molar-refractivity contribution in [2.45, 2.75) is 13.5 Å². The molecule has 0 spiro atoms. The largest absolute Gasteiger partial charge is 0.373 e. The Morgan fingerprint density at radius 2 is 2.33 bits per heavy atom. The van der Waals surface area contributed by atoms with Gasteiger partial charge >= 0.3 is 0 Å². The van der Waals surface area contributed by atoms with Gasteiger partial charge in [-0.2, -0.15) is 5.10 Å². The molecule has 0 unspecified atom stereocenters. The monoisotopic (exact) mass is 203 g/mol. The summed E-state index contributed by atoms with van der Waals surface area (Å²) in [7, 11) is 1.83. The van der Waals surface area contributed by atoms with Gasteiger partial charge in [0.15, 0.2) is 5.82 Å². The standard InChI is InChI=1S/C10H13N5/c1-3-15-7-8(6-13-15)10-12-5-4-9(11-2)14-10/h4-7H,3H2,1-2H3,(H,11,12,14). The normalized spacial score (nSPS) is 10.3. The maximum atomic E-state index is 4.33. The fourth-order valence-corrected chi connectivity index (χ4v) is 1.29. The summed E-state index contributed by atoms with van der Waals surface area (Å²) in [5.41, 5.74) is 0.939. The summed E-state index contributed by atoms with van der Waals surface area (Å²) < 4.78 is 1.85.